The molecule has 0 amide bonds. The van der Waals surface area contributed by atoms with E-state index in [-0.39, 0.29) is 18.1 Å². The molecule has 0 aromatic heterocycles. The zero-order valence-corrected chi connectivity index (χ0v) is 21.1. The van der Waals surface area contributed by atoms with Crippen LogP contribution in [0.1, 0.15) is 34.3 Å². The Hall–Kier alpha value is -3.79. The van der Waals surface area contributed by atoms with Crippen molar-refractivity contribution in [2.75, 3.05) is 5.75 Å². The van der Waals surface area contributed by atoms with Crippen LogP contribution in [-0.2, 0) is 16.1 Å². The number of carbonyl (C=O) groups is 2. The van der Waals surface area contributed by atoms with Crippen LogP contribution < -0.4 is 5.32 Å². The third-order valence-electron chi connectivity index (χ3n) is 5.74. The number of hydrogen-bond acceptors (Lipinski definition) is 6. The predicted molar refractivity (Wildman–Crippen MR) is 142 cm³/mol. The first-order valence-electron chi connectivity index (χ1n) is 11.3. The Morgan fingerprint density at radius 1 is 1.00 bits per heavy atom. The van der Waals surface area contributed by atoms with Gasteiger partial charge in [0.2, 0.25) is 0 Å². The van der Waals surface area contributed by atoms with Crippen LogP contribution in [0.4, 0.5) is 0 Å². The molecule has 0 spiro atoms. The van der Waals surface area contributed by atoms with Crippen LogP contribution in [0.25, 0.3) is 0 Å². The molecule has 0 radical (unpaired) electrons. The Balaban J connectivity index is 1.66. The van der Waals surface area contributed by atoms with E-state index in [4.69, 9.17) is 16.3 Å². The van der Waals surface area contributed by atoms with Crippen molar-refractivity contribution < 1.29 is 14.3 Å². The van der Waals surface area contributed by atoms with E-state index in [9.17, 15) is 14.9 Å². The molecular formula is C29H23ClN2O3S. The minimum atomic E-state index is -0.734. The number of allylic oxidation sites excluding steroid dienone is 2. The van der Waals surface area contributed by atoms with Gasteiger partial charge in [-0.25, -0.2) is 4.79 Å². The molecule has 1 N–H and O–H groups in total. The molecule has 4 rings (SSSR count). The monoisotopic (exact) mass is 514 g/mol. The first-order valence-corrected chi connectivity index (χ1v) is 12.6. The van der Waals surface area contributed by atoms with Gasteiger partial charge < -0.3 is 10.1 Å². The Kier molecular flexibility index (Phi) is 8.27. The number of esters is 1. The second-order valence-corrected chi connectivity index (χ2v) is 9.51. The molecule has 1 aliphatic rings. The number of nitrogens with one attached hydrogen (secondary N) is 1. The average Bonchev–Trinajstić information content (AvgIpc) is 2.91. The summed E-state index contributed by atoms with van der Waals surface area (Å²) in [5, 5.41) is 14.3. The largest absolute Gasteiger partial charge is 0.457 e. The van der Waals surface area contributed by atoms with Crippen LogP contribution in [0.15, 0.2) is 107 Å². The van der Waals surface area contributed by atoms with Gasteiger partial charge >= 0.3 is 5.97 Å². The molecule has 36 heavy (non-hydrogen) atoms. The van der Waals surface area contributed by atoms with Crippen molar-refractivity contribution in [1.29, 1.82) is 5.26 Å². The summed E-state index contributed by atoms with van der Waals surface area (Å²) >= 11 is 7.77. The molecule has 3 aromatic rings. The van der Waals surface area contributed by atoms with E-state index < -0.39 is 11.9 Å². The Labute approximate surface area is 219 Å². The van der Waals surface area contributed by atoms with Gasteiger partial charge in [-0.2, -0.15) is 5.26 Å². The van der Waals surface area contributed by atoms with Crippen molar-refractivity contribution >= 4 is 35.1 Å². The van der Waals surface area contributed by atoms with Crippen molar-refractivity contribution in [2.45, 2.75) is 19.4 Å². The van der Waals surface area contributed by atoms with Crippen LogP contribution in [0.5, 0.6) is 0 Å². The highest BCUT2D eigenvalue weighted by molar-refractivity contribution is 8.03. The molecule has 1 aliphatic heterocycles. The summed E-state index contributed by atoms with van der Waals surface area (Å²) in [6.45, 7) is 1.86. The third kappa shape index (κ3) is 5.71. The number of halogens is 1. The van der Waals surface area contributed by atoms with Crippen LogP contribution in [0.2, 0.25) is 5.02 Å². The van der Waals surface area contributed by atoms with Gasteiger partial charge in [0.05, 0.1) is 33.9 Å². The minimum absolute atomic E-state index is 0.0591. The molecule has 0 aliphatic carbocycles. The second-order valence-electron chi connectivity index (χ2n) is 8.11. The molecule has 180 valence electrons. The Morgan fingerprint density at radius 2 is 1.64 bits per heavy atom. The summed E-state index contributed by atoms with van der Waals surface area (Å²) in [6.07, 6.45) is 0. The molecule has 0 saturated heterocycles. The Bertz CT molecular complexity index is 1380. The summed E-state index contributed by atoms with van der Waals surface area (Å²) in [5.74, 6) is -1.20. The molecule has 0 unspecified atom stereocenters. The molecule has 1 atom stereocenters. The molecule has 0 fully saturated rings. The van der Waals surface area contributed by atoms with E-state index in [1.165, 1.54) is 11.8 Å². The van der Waals surface area contributed by atoms with E-state index >= 15 is 0 Å². The van der Waals surface area contributed by atoms with Crippen molar-refractivity contribution in [2.24, 2.45) is 0 Å². The van der Waals surface area contributed by atoms with E-state index in [1.807, 2.05) is 54.6 Å². The van der Waals surface area contributed by atoms with Crippen LogP contribution in [0, 0.1) is 11.3 Å². The van der Waals surface area contributed by atoms with E-state index in [0.29, 0.717) is 38.0 Å². The summed E-state index contributed by atoms with van der Waals surface area (Å²) in [5.41, 5.74) is 3.25. The number of ether oxygens (including phenoxy) is 1. The minimum Gasteiger partial charge on any atom is -0.457 e. The normalized spacial score (nSPS) is 15.2. The highest BCUT2D eigenvalue weighted by Crippen LogP contribution is 2.43. The number of Topliss-reactive ketones (excluding diaryl/α,β-unsaturated/α-hetero) is 1. The van der Waals surface area contributed by atoms with Gasteiger partial charge in [0.25, 0.3) is 0 Å². The lowest BCUT2D eigenvalue weighted by Gasteiger charge is -2.29. The molecule has 7 heteroatoms. The fraction of sp³-hybridized carbons (Fsp3) is 0.138. The SMILES string of the molecule is CC1=C(C(=O)OCc2ccccc2)[C@@H](c2ccccc2Cl)C(C#N)=C(SCC(=O)c2ccccc2)N1. The topological polar surface area (TPSA) is 79.2 Å². The molecule has 0 bridgehead atoms. The summed E-state index contributed by atoms with van der Waals surface area (Å²) < 4.78 is 5.64. The number of ketones is 1. The lowest BCUT2D eigenvalue weighted by atomic mass is 9.82. The smallest absolute Gasteiger partial charge is 0.337 e. The second kappa shape index (κ2) is 11.8. The van der Waals surface area contributed by atoms with Crippen LogP contribution >= 0.6 is 23.4 Å². The zero-order chi connectivity index (χ0) is 25.5. The van der Waals surface area contributed by atoms with Crippen molar-refractivity contribution in [3.05, 3.63) is 129 Å². The standard InChI is InChI=1S/C29H23ClN2O3S/c1-19-26(29(34)35-17-20-10-4-2-5-11-20)27(22-14-8-9-15-24(22)30)23(16-31)28(32-19)36-18-25(33)21-12-6-3-7-13-21/h2-15,27,32H,17-18H2,1H3/t27-/m0/s1. The Morgan fingerprint density at radius 3 is 2.31 bits per heavy atom. The maximum atomic E-state index is 13.3. The molecule has 0 saturated carbocycles. The van der Waals surface area contributed by atoms with Gasteiger partial charge in [0.15, 0.2) is 5.78 Å². The maximum Gasteiger partial charge on any atom is 0.337 e. The van der Waals surface area contributed by atoms with Gasteiger partial charge in [-0.05, 0) is 24.1 Å². The number of rotatable bonds is 8. The van der Waals surface area contributed by atoms with Crippen molar-refractivity contribution in [3.8, 4) is 6.07 Å². The first kappa shape index (κ1) is 25.3. The maximum absolute atomic E-state index is 13.3. The highest BCUT2D eigenvalue weighted by Gasteiger charge is 2.36. The zero-order valence-electron chi connectivity index (χ0n) is 19.5. The number of nitrogens with zero attached hydrogens (tertiary/aromatic N) is 1. The third-order valence-corrected chi connectivity index (χ3v) is 7.10. The molecule has 1 heterocycles. The van der Waals surface area contributed by atoms with Crippen molar-refractivity contribution in [1.82, 2.24) is 5.32 Å². The number of carbonyl (C=O) groups excluding carboxylic acids is 2. The summed E-state index contributed by atoms with van der Waals surface area (Å²) in [7, 11) is 0. The number of dihydropyridines is 1. The number of hydrogen-bond donors (Lipinski definition) is 1. The summed E-state index contributed by atoms with van der Waals surface area (Å²) in [4.78, 5) is 26.0. The highest BCUT2D eigenvalue weighted by atomic mass is 35.5. The fourth-order valence-electron chi connectivity index (χ4n) is 3.96. The lowest BCUT2D eigenvalue weighted by molar-refractivity contribution is -0.140. The number of nitriles is 1. The first-order chi connectivity index (χ1) is 17.5. The van der Waals surface area contributed by atoms with Gasteiger partial charge in [-0.3, -0.25) is 4.79 Å². The van der Waals surface area contributed by atoms with Gasteiger partial charge in [-0.15, -0.1) is 0 Å². The fourth-order valence-corrected chi connectivity index (χ4v) is 5.19. The lowest BCUT2D eigenvalue weighted by Crippen LogP contribution is -2.29. The quantitative estimate of drug-likeness (QED) is 0.277. The molecular weight excluding hydrogens is 492 g/mol. The van der Waals surface area contributed by atoms with Gasteiger partial charge in [0, 0.05) is 16.3 Å². The van der Waals surface area contributed by atoms with Gasteiger partial charge in [-0.1, -0.05) is 102 Å². The summed E-state index contributed by atoms with van der Waals surface area (Å²) in [6, 6.07) is 27.8. The van der Waals surface area contributed by atoms with Crippen molar-refractivity contribution in [3.63, 3.8) is 0 Å². The number of thioether (sulfide) groups is 1. The van der Waals surface area contributed by atoms with E-state index in [2.05, 4.69) is 11.4 Å². The molecule has 5 nitrogen and oxygen atoms in total. The molecule has 3 aromatic carbocycles. The average molecular weight is 515 g/mol. The van der Waals surface area contributed by atoms with E-state index in [0.717, 1.165) is 5.56 Å². The van der Waals surface area contributed by atoms with Crippen LogP contribution in [0.3, 0.4) is 0 Å². The van der Waals surface area contributed by atoms with E-state index in [1.54, 1.807) is 37.3 Å². The van der Waals surface area contributed by atoms with Crippen LogP contribution in [-0.4, -0.2) is 17.5 Å². The van der Waals surface area contributed by atoms with Gasteiger partial charge in [0.1, 0.15) is 6.61 Å². The predicted octanol–water partition coefficient (Wildman–Crippen LogP) is 6.40. The number of benzene rings is 3.